The Morgan fingerprint density at radius 1 is 0.962 bits per heavy atom. The number of H-pyrrole nitrogens is 1. The predicted molar refractivity (Wildman–Crippen MR) is 102 cm³/mol. The summed E-state index contributed by atoms with van der Waals surface area (Å²) in [7, 11) is 0. The monoisotopic (exact) mass is 340 g/mol. The van der Waals surface area contributed by atoms with Crippen LogP contribution in [0.25, 0.3) is 27.8 Å². The molecule has 0 saturated carbocycles. The second-order valence-corrected chi connectivity index (χ2v) is 6.06. The van der Waals surface area contributed by atoms with Crippen LogP contribution in [0.2, 0.25) is 0 Å². The molecule has 6 nitrogen and oxygen atoms in total. The number of hydrogen-bond donors (Lipinski definition) is 2. The van der Waals surface area contributed by atoms with Gasteiger partial charge in [0.25, 0.3) is 0 Å². The third-order valence-corrected chi connectivity index (χ3v) is 4.49. The van der Waals surface area contributed by atoms with Crippen molar-refractivity contribution in [1.29, 1.82) is 0 Å². The van der Waals surface area contributed by atoms with E-state index in [1.54, 1.807) is 6.33 Å². The molecule has 0 spiro atoms. The number of aromatic nitrogens is 5. The Morgan fingerprint density at radius 2 is 1.85 bits per heavy atom. The summed E-state index contributed by atoms with van der Waals surface area (Å²) in [5.74, 6) is 0.727. The third-order valence-electron chi connectivity index (χ3n) is 4.49. The Hall–Kier alpha value is -3.67. The largest absolute Gasteiger partial charge is 0.364 e. The van der Waals surface area contributed by atoms with Gasteiger partial charge in [-0.3, -0.25) is 0 Å². The molecule has 0 aliphatic rings. The molecule has 4 heterocycles. The van der Waals surface area contributed by atoms with Crippen LogP contribution in [0.15, 0.2) is 73.6 Å². The SMILES string of the molecule is c1ccc(-c2c(CNc3ncnc4[nH]cnc34)cn3ccccc23)cc1. The third kappa shape index (κ3) is 2.39. The number of rotatable bonds is 4. The molecular formula is C20H16N6. The minimum Gasteiger partial charge on any atom is -0.364 e. The number of hydrogen-bond acceptors (Lipinski definition) is 4. The molecule has 0 radical (unpaired) electrons. The fraction of sp³-hybridized carbons (Fsp3) is 0.0500. The maximum Gasteiger partial charge on any atom is 0.162 e. The Morgan fingerprint density at radius 3 is 2.77 bits per heavy atom. The molecule has 0 saturated heterocycles. The van der Waals surface area contributed by atoms with Gasteiger partial charge in [0.1, 0.15) is 11.8 Å². The summed E-state index contributed by atoms with van der Waals surface area (Å²) in [4.78, 5) is 15.8. The van der Waals surface area contributed by atoms with Crippen LogP contribution in [0.4, 0.5) is 5.82 Å². The second kappa shape index (κ2) is 6.00. The quantitative estimate of drug-likeness (QED) is 0.521. The number of aromatic amines is 1. The first kappa shape index (κ1) is 14.7. The van der Waals surface area contributed by atoms with Gasteiger partial charge in [-0.1, -0.05) is 36.4 Å². The molecule has 0 aliphatic heterocycles. The minimum absolute atomic E-state index is 0.644. The summed E-state index contributed by atoms with van der Waals surface area (Å²) in [6.45, 7) is 0.644. The van der Waals surface area contributed by atoms with E-state index in [0.717, 1.165) is 17.0 Å². The fourth-order valence-electron chi connectivity index (χ4n) is 3.32. The van der Waals surface area contributed by atoms with Gasteiger partial charge in [0.15, 0.2) is 11.5 Å². The Labute approximate surface area is 149 Å². The van der Waals surface area contributed by atoms with Crippen molar-refractivity contribution in [3.05, 3.63) is 79.1 Å². The van der Waals surface area contributed by atoms with Crippen LogP contribution in [-0.2, 0) is 6.54 Å². The van der Waals surface area contributed by atoms with Gasteiger partial charge in [0.05, 0.1) is 11.8 Å². The molecule has 26 heavy (non-hydrogen) atoms. The van der Waals surface area contributed by atoms with Gasteiger partial charge in [-0.05, 0) is 23.3 Å². The van der Waals surface area contributed by atoms with Crippen LogP contribution in [0, 0.1) is 0 Å². The van der Waals surface area contributed by atoms with Gasteiger partial charge < -0.3 is 14.7 Å². The van der Waals surface area contributed by atoms with E-state index >= 15 is 0 Å². The number of benzene rings is 1. The summed E-state index contributed by atoms with van der Waals surface area (Å²) in [5, 5.41) is 3.41. The number of imidazole rings is 1. The summed E-state index contributed by atoms with van der Waals surface area (Å²) in [5.41, 5.74) is 6.29. The highest BCUT2D eigenvalue weighted by atomic mass is 15.1. The first-order valence-electron chi connectivity index (χ1n) is 8.42. The van der Waals surface area contributed by atoms with Gasteiger partial charge >= 0.3 is 0 Å². The van der Waals surface area contributed by atoms with E-state index in [1.807, 2.05) is 12.1 Å². The summed E-state index contributed by atoms with van der Waals surface area (Å²) in [6, 6.07) is 16.7. The Kier molecular flexibility index (Phi) is 3.38. The lowest BCUT2D eigenvalue weighted by Crippen LogP contribution is -2.03. The number of nitrogens with one attached hydrogen (secondary N) is 2. The van der Waals surface area contributed by atoms with E-state index in [9.17, 15) is 0 Å². The Balaban J connectivity index is 1.58. The second-order valence-electron chi connectivity index (χ2n) is 6.06. The predicted octanol–water partition coefficient (Wildman–Crippen LogP) is 3.88. The summed E-state index contributed by atoms with van der Waals surface area (Å²) < 4.78 is 2.16. The molecule has 0 aliphatic carbocycles. The topological polar surface area (TPSA) is 70.9 Å². The number of nitrogens with zero attached hydrogens (tertiary/aromatic N) is 4. The molecule has 6 heteroatoms. The van der Waals surface area contributed by atoms with Crippen LogP contribution in [0.3, 0.4) is 0 Å². The van der Waals surface area contributed by atoms with Crippen molar-refractivity contribution in [1.82, 2.24) is 24.3 Å². The van der Waals surface area contributed by atoms with Crippen molar-refractivity contribution in [2.45, 2.75) is 6.54 Å². The van der Waals surface area contributed by atoms with Crippen LogP contribution in [0.5, 0.6) is 0 Å². The molecule has 0 atom stereocenters. The van der Waals surface area contributed by atoms with Crippen molar-refractivity contribution in [3.63, 3.8) is 0 Å². The van der Waals surface area contributed by atoms with Crippen molar-refractivity contribution < 1.29 is 0 Å². The molecule has 1 aromatic carbocycles. The molecular weight excluding hydrogens is 324 g/mol. The lowest BCUT2D eigenvalue weighted by atomic mass is 10.0. The maximum atomic E-state index is 4.34. The van der Waals surface area contributed by atoms with E-state index in [2.05, 4.69) is 78.4 Å². The highest BCUT2D eigenvalue weighted by molar-refractivity contribution is 5.85. The van der Waals surface area contributed by atoms with Crippen molar-refractivity contribution >= 4 is 22.5 Å². The first-order chi connectivity index (χ1) is 12.9. The van der Waals surface area contributed by atoms with E-state index in [4.69, 9.17) is 0 Å². The van der Waals surface area contributed by atoms with Crippen molar-refractivity contribution in [2.24, 2.45) is 0 Å². The van der Waals surface area contributed by atoms with E-state index < -0.39 is 0 Å². The molecule has 0 unspecified atom stereocenters. The minimum atomic E-state index is 0.644. The lowest BCUT2D eigenvalue weighted by molar-refractivity contribution is 1.09. The van der Waals surface area contributed by atoms with Crippen LogP contribution < -0.4 is 5.32 Å². The molecule has 5 rings (SSSR count). The molecule has 126 valence electrons. The normalized spacial score (nSPS) is 11.2. The molecule has 5 aromatic rings. The molecule has 0 bridgehead atoms. The highest BCUT2D eigenvalue weighted by Gasteiger charge is 2.13. The first-order valence-corrected chi connectivity index (χ1v) is 8.42. The van der Waals surface area contributed by atoms with Gasteiger partial charge in [0, 0.05) is 24.5 Å². The standard InChI is InChI=1S/C20H16N6/c1-2-6-14(7-3-1)17-15(11-26-9-5-4-8-16(17)26)10-21-19-18-20(23-12-22-18)25-13-24-19/h1-9,11-13H,10H2,(H2,21,22,23,24,25). The number of fused-ring (bicyclic) bond motifs is 2. The van der Waals surface area contributed by atoms with Crippen molar-refractivity contribution in [3.8, 4) is 11.1 Å². The zero-order valence-corrected chi connectivity index (χ0v) is 13.9. The van der Waals surface area contributed by atoms with Gasteiger partial charge in [0.2, 0.25) is 0 Å². The molecule has 0 fully saturated rings. The molecule has 2 N–H and O–H groups in total. The van der Waals surface area contributed by atoms with E-state index in [1.165, 1.54) is 28.5 Å². The summed E-state index contributed by atoms with van der Waals surface area (Å²) in [6.07, 6.45) is 7.40. The molecule has 4 aromatic heterocycles. The Bertz CT molecular complexity index is 1190. The molecule has 0 amide bonds. The average molecular weight is 340 g/mol. The van der Waals surface area contributed by atoms with Crippen LogP contribution in [-0.4, -0.2) is 24.3 Å². The smallest absolute Gasteiger partial charge is 0.162 e. The summed E-state index contributed by atoms with van der Waals surface area (Å²) >= 11 is 0. The van der Waals surface area contributed by atoms with Crippen LogP contribution in [0.1, 0.15) is 5.56 Å². The van der Waals surface area contributed by atoms with E-state index in [0.29, 0.717) is 6.54 Å². The number of anilines is 1. The highest BCUT2D eigenvalue weighted by Crippen LogP contribution is 2.31. The van der Waals surface area contributed by atoms with Crippen molar-refractivity contribution in [2.75, 3.05) is 5.32 Å². The van der Waals surface area contributed by atoms with Gasteiger partial charge in [-0.2, -0.15) is 0 Å². The zero-order chi connectivity index (χ0) is 17.3. The van der Waals surface area contributed by atoms with Gasteiger partial charge in [-0.15, -0.1) is 0 Å². The van der Waals surface area contributed by atoms with Gasteiger partial charge in [-0.25, -0.2) is 15.0 Å². The lowest BCUT2D eigenvalue weighted by Gasteiger charge is -2.08. The zero-order valence-electron chi connectivity index (χ0n) is 13.9. The fourth-order valence-corrected chi connectivity index (χ4v) is 3.32. The van der Waals surface area contributed by atoms with Crippen LogP contribution >= 0.6 is 0 Å². The average Bonchev–Trinajstić information content (AvgIpc) is 3.31. The number of pyridine rings is 1. The van der Waals surface area contributed by atoms with E-state index in [-0.39, 0.29) is 0 Å². The maximum absolute atomic E-state index is 4.34.